The first-order chi connectivity index (χ1) is 14.5. The van der Waals surface area contributed by atoms with Crippen molar-refractivity contribution in [2.45, 2.75) is 9.79 Å². The van der Waals surface area contributed by atoms with Crippen molar-refractivity contribution in [1.29, 1.82) is 0 Å². The zero-order chi connectivity index (χ0) is 21.0. The lowest BCUT2D eigenvalue weighted by atomic mass is 9.82. The molecule has 4 aromatic rings. The Labute approximate surface area is 191 Å². The third-order valence-corrected chi connectivity index (χ3v) is 7.11. The molecule has 0 N–H and O–H groups in total. The molecule has 1 aliphatic rings. The van der Waals surface area contributed by atoms with Crippen molar-refractivity contribution in [1.82, 2.24) is 0 Å². The quantitative estimate of drug-likeness (QED) is 0.265. The molecule has 5 rings (SSSR count). The number of hydrogen-bond donors (Lipinski definition) is 0. The van der Waals surface area contributed by atoms with Crippen molar-refractivity contribution in [3.63, 3.8) is 0 Å². The fourth-order valence-electron chi connectivity index (χ4n) is 3.66. The highest BCUT2D eigenvalue weighted by molar-refractivity contribution is 7.99. The molecule has 0 spiro atoms. The number of rotatable bonds is 2. The van der Waals surface area contributed by atoms with Crippen LogP contribution in [0.3, 0.4) is 0 Å². The number of benzene rings is 4. The van der Waals surface area contributed by atoms with Gasteiger partial charge in [-0.3, -0.25) is 9.59 Å². The summed E-state index contributed by atoms with van der Waals surface area (Å²) < 4.78 is 0. The largest absolute Gasteiger partial charge is 0.289 e. The lowest BCUT2D eigenvalue weighted by molar-refractivity contribution is 0.0979. The number of ketones is 2. The molecule has 0 saturated heterocycles. The second kappa shape index (κ2) is 7.44. The Morgan fingerprint density at radius 1 is 0.600 bits per heavy atom. The van der Waals surface area contributed by atoms with Crippen molar-refractivity contribution in [3.05, 3.63) is 104 Å². The van der Waals surface area contributed by atoms with Crippen LogP contribution in [0.25, 0.3) is 10.8 Å². The minimum atomic E-state index is -0.287. The third kappa shape index (κ3) is 3.05. The van der Waals surface area contributed by atoms with Gasteiger partial charge < -0.3 is 0 Å². The Bertz CT molecular complexity index is 1380. The van der Waals surface area contributed by atoms with Crippen LogP contribution in [0.2, 0.25) is 15.1 Å². The first kappa shape index (κ1) is 19.7. The van der Waals surface area contributed by atoms with Crippen LogP contribution < -0.4 is 0 Å². The molecule has 0 unspecified atom stereocenters. The molecule has 0 bridgehead atoms. The van der Waals surface area contributed by atoms with E-state index in [1.165, 1.54) is 0 Å². The topological polar surface area (TPSA) is 34.1 Å². The molecule has 2 nitrogen and oxygen atoms in total. The van der Waals surface area contributed by atoms with Crippen LogP contribution in [0.1, 0.15) is 31.8 Å². The fourth-order valence-corrected chi connectivity index (χ4v) is 5.33. The molecular formula is C24H11Cl3O2S. The standard InChI is InChI=1S/C24H11Cl3O2S/c25-12-5-7-13(8-6-12)30-14-9-10-15-18(11-14)22(27)20-19(21(15)26)23(28)16-3-1-2-4-17(16)24(20)29/h1-11H. The van der Waals surface area contributed by atoms with Gasteiger partial charge in [0.25, 0.3) is 0 Å². The maximum absolute atomic E-state index is 13.2. The maximum Gasteiger partial charge on any atom is 0.196 e. The van der Waals surface area contributed by atoms with Crippen LogP contribution in [-0.4, -0.2) is 11.6 Å². The summed E-state index contributed by atoms with van der Waals surface area (Å²) in [6.07, 6.45) is 0. The second-order valence-electron chi connectivity index (χ2n) is 6.85. The molecule has 0 atom stereocenters. The molecule has 0 heterocycles. The smallest absolute Gasteiger partial charge is 0.196 e. The van der Waals surface area contributed by atoms with Gasteiger partial charge in [-0.25, -0.2) is 0 Å². The van der Waals surface area contributed by atoms with Crippen molar-refractivity contribution in [2.75, 3.05) is 0 Å². The van der Waals surface area contributed by atoms with E-state index in [1.807, 2.05) is 42.5 Å². The SMILES string of the molecule is O=C1c2ccccc2C(=O)c2c1c(Cl)c1ccc(Sc3ccc(Cl)cc3)cc1c2Cl. The average molecular weight is 470 g/mol. The van der Waals surface area contributed by atoms with Gasteiger partial charge in [-0.05, 0) is 36.4 Å². The van der Waals surface area contributed by atoms with Gasteiger partial charge in [0, 0.05) is 36.7 Å². The van der Waals surface area contributed by atoms with Crippen LogP contribution in [-0.2, 0) is 0 Å². The maximum atomic E-state index is 13.2. The monoisotopic (exact) mass is 468 g/mol. The molecule has 30 heavy (non-hydrogen) atoms. The minimum Gasteiger partial charge on any atom is -0.289 e. The zero-order valence-corrected chi connectivity index (χ0v) is 18.3. The van der Waals surface area contributed by atoms with E-state index in [-0.39, 0.29) is 32.7 Å². The number of carbonyl (C=O) groups is 2. The lowest BCUT2D eigenvalue weighted by Crippen LogP contribution is -2.22. The van der Waals surface area contributed by atoms with Crippen LogP contribution >= 0.6 is 46.6 Å². The summed E-state index contributed by atoms with van der Waals surface area (Å²) in [5, 5.41) is 2.44. The Kier molecular flexibility index (Phi) is 4.87. The van der Waals surface area contributed by atoms with Crippen LogP contribution in [0.5, 0.6) is 0 Å². The molecule has 0 aromatic heterocycles. The number of halogens is 3. The summed E-state index contributed by atoms with van der Waals surface area (Å²) in [6, 6.07) is 19.9. The van der Waals surface area contributed by atoms with E-state index in [2.05, 4.69) is 0 Å². The summed E-state index contributed by atoms with van der Waals surface area (Å²) in [5.41, 5.74) is 1.05. The lowest BCUT2D eigenvalue weighted by Gasteiger charge is -2.21. The van der Waals surface area contributed by atoms with Gasteiger partial charge in [-0.15, -0.1) is 0 Å². The molecule has 0 radical (unpaired) electrons. The highest BCUT2D eigenvalue weighted by Crippen LogP contribution is 2.43. The molecule has 0 saturated carbocycles. The third-order valence-electron chi connectivity index (χ3n) is 5.07. The first-order valence-electron chi connectivity index (χ1n) is 9.02. The normalized spacial score (nSPS) is 12.8. The molecule has 0 aliphatic heterocycles. The van der Waals surface area contributed by atoms with Crippen molar-refractivity contribution < 1.29 is 9.59 Å². The van der Waals surface area contributed by atoms with E-state index in [0.29, 0.717) is 26.9 Å². The molecular weight excluding hydrogens is 459 g/mol. The highest BCUT2D eigenvalue weighted by atomic mass is 35.5. The number of fused-ring (bicyclic) bond motifs is 3. The summed E-state index contributed by atoms with van der Waals surface area (Å²) in [7, 11) is 0. The van der Waals surface area contributed by atoms with Crippen LogP contribution in [0.4, 0.5) is 0 Å². The first-order valence-corrected chi connectivity index (χ1v) is 11.0. The molecule has 4 aromatic carbocycles. The summed E-state index contributed by atoms with van der Waals surface area (Å²) in [6.45, 7) is 0. The van der Waals surface area contributed by atoms with Gasteiger partial charge >= 0.3 is 0 Å². The van der Waals surface area contributed by atoms with Crippen molar-refractivity contribution in [3.8, 4) is 0 Å². The fraction of sp³-hybridized carbons (Fsp3) is 0. The molecule has 6 heteroatoms. The Hall–Kier alpha value is -2.30. The summed E-state index contributed by atoms with van der Waals surface area (Å²) >= 11 is 20.8. The predicted molar refractivity (Wildman–Crippen MR) is 123 cm³/mol. The Balaban J connectivity index is 1.70. The molecule has 146 valence electrons. The molecule has 0 amide bonds. The van der Waals surface area contributed by atoms with E-state index in [4.69, 9.17) is 34.8 Å². The summed E-state index contributed by atoms with van der Waals surface area (Å²) in [5.74, 6) is -0.571. The molecule has 1 aliphatic carbocycles. The van der Waals surface area contributed by atoms with Crippen LogP contribution in [0, 0.1) is 0 Å². The number of carbonyl (C=O) groups excluding carboxylic acids is 2. The molecule has 0 fully saturated rings. The van der Waals surface area contributed by atoms with Gasteiger partial charge in [0.1, 0.15) is 0 Å². The second-order valence-corrected chi connectivity index (χ2v) is 9.18. The van der Waals surface area contributed by atoms with E-state index < -0.39 is 0 Å². The van der Waals surface area contributed by atoms with Gasteiger partial charge in [0.05, 0.1) is 21.2 Å². The van der Waals surface area contributed by atoms with E-state index in [9.17, 15) is 9.59 Å². The van der Waals surface area contributed by atoms with Crippen molar-refractivity contribution in [2.24, 2.45) is 0 Å². The van der Waals surface area contributed by atoms with E-state index in [0.717, 1.165) is 9.79 Å². The predicted octanol–water partition coefficient (Wildman–Crippen LogP) is 7.73. The van der Waals surface area contributed by atoms with Crippen LogP contribution in [0.15, 0.2) is 76.5 Å². The van der Waals surface area contributed by atoms with Gasteiger partial charge in [-0.2, -0.15) is 0 Å². The summed E-state index contributed by atoms with van der Waals surface area (Å²) in [4.78, 5) is 28.2. The minimum absolute atomic E-state index is 0.173. The van der Waals surface area contributed by atoms with Crippen molar-refractivity contribution >= 4 is 68.9 Å². The zero-order valence-electron chi connectivity index (χ0n) is 15.2. The van der Waals surface area contributed by atoms with E-state index in [1.54, 1.807) is 36.0 Å². The Morgan fingerprint density at radius 2 is 1.13 bits per heavy atom. The van der Waals surface area contributed by atoms with Gasteiger partial charge in [-0.1, -0.05) is 76.9 Å². The van der Waals surface area contributed by atoms with Gasteiger partial charge in [0.15, 0.2) is 11.6 Å². The Morgan fingerprint density at radius 3 is 1.73 bits per heavy atom. The highest BCUT2D eigenvalue weighted by Gasteiger charge is 2.34. The van der Waals surface area contributed by atoms with Gasteiger partial charge in [0.2, 0.25) is 0 Å². The van der Waals surface area contributed by atoms with E-state index >= 15 is 0 Å². The number of hydrogen-bond acceptors (Lipinski definition) is 3. The average Bonchev–Trinajstić information content (AvgIpc) is 2.76.